The van der Waals surface area contributed by atoms with E-state index < -0.39 is 5.97 Å². The van der Waals surface area contributed by atoms with E-state index in [-0.39, 0.29) is 24.1 Å². The van der Waals surface area contributed by atoms with Crippen LogP contribution in [0.5, 0.6) is 0 Å². The Kier molecular flexibility index (Phi) is 4.93. The zero-order valence-electron chi connectivity index (χ0n) is 12.6. The molecule has 1 unspecified atom stereocenters. The molecule has 1 heterocycles. The second kappa shape index (κ2) is 6.89. The lowest BCUT2D eigenvalue weighted by Gasteiger charge is -2.17. The Hall–Kier alpha value is -2.63. The predicted molar refractivity (Wildman–Crippen MR) is 81.5 cm³/mol. The summed E-state index contributed by atoms with van der Waals surface area (Å²) < 4.78 is 1.32. The number of carbonyl (C=O) groups is 2. The van der Waals surface area contributed by atoms with Gasteiger partial charge in [-0.2, -0.15) is 5.10 Å². The molecule has 0 aliphatic heterocycles. The molecule has 2 aromatic rings. The number of aryl methyl sites for hydroxylation is 1. The SMILES string of the molecule is CCC(NC(=O)Cn1cc(C(=O)O)cn1)c1ccc(C)cc1. The summed E-state index contributed by atoms with van der Waals surface area (Å²) in [6.07, 6.45) is 3.34. The number of hydrogen-bond donors (Lipinski definition) is 2. The topological polar surface area (TPSA) is 84.2 Å². The van der Waals surface area contributed by atoms with Crippen molar-refractivity contribution in [1.82, 2.24) is 15.1 Å². The largest absolute Gasteiger partial charge is 0.478 e. The third-order valence-electron chi connectivity index (χ3n) is 3.41. The minimum Gasteiger partial charge on any atom is -0.478 e. The first-order valence-corrected chi connectivity index (χ1v) is 7.11. The Morgan fingerprint density at radius 3 is 2.55 bits per heavy atom. The van der Waals surface area contributed by atoms with Gasteiger partial charge in [0, 0.05) is 6.20 Å². The Bertz CT molecular complexity index is 662. The Morgan fingerprint density at radius 2 is 2.00 bits per heavy atom. The van der Waals surface area contributed by atoms with E-state index in [1.807, 2.05) is 38.1 Å². The van der Waals surface area contributed by atoms with Gasteiger partial charge >= 0.3 is 5.97 Å². The molecule has 2 N–H and O–H groups in total. The molecule has 1 amide bonds. The van der Waals surface area contributed by atoms with Crippen molar-refractivity contribution in [2.45, 2.75) is 32.9 Å². The molecule has 0 aliphatic carbocycles. The molecule has 0 bridgehead atoms. The van der Waals surface area contributed by atoms with E-state index in [0.717, 1.165) is 12.0 Å². The fraction of sp³-hybridized carbons (Fsp3) is 0.312. The molecular formula is C16H19N3O3. The monoisotopic (exact) mass is 301 g/mol. The molecule has 1 aromatic heterocycles. The number of hydrogen-bond acceptors (Lipinski definition) is 3. The first-order valence-electron chi connectivity index (χ1n) is 7.11. The highest BCUT2D eigenvalue weighted by molar-refractivity contribution is 5.87. The van der Waals surface area contributed by atoms with Crippen molar-refractivity contribution in [1.29, 1.82) is 0 Å². The number of aromatic carboxylic acids is 1. The standard InChI is InChI=1S/C16H19N3O3/c1-3-14(12-6-4-11(2)5-7-12)18-15(20)10-19-9-13(8-17-19)16(21)22/h4-9,14H,3,10H2,1-2H3,(H,18,20)(H,21,22). The molecule has 0 aliphatic rings. The third kappa shape index (κ3) is 3.94. The van der Waals surface area contributed by atoms with Crippen molar-refractivity contribution < 1.29 is 14.7 Å². The fourth-order valence-electron chi connectivity index (χ4n) is 2.17. The van der Waals surface area contributed by atoms with E-state index in [1.54, 1.807) is 0 Å². The molecule has 2 rings (SSSR count). The van der Waals surface area contributed by atoms with Crippen LogP contribution in [0.25, 0.3) is 0 Å². The normalized spacial score (nSPS) is 11.9. The third-order valence-corrected chi connectivity index (χ3v) is 3.41. The number of nitrogens with zero attached hydrogens (tertiary/aromatic N) is 2. The summed E-state index contributed by atoms with van der Waals surface area (Å²) in [5.41, 5.74) is 2.29. The summed E-state index contributed by atoms with van der Waals surface area (Å²) >= 11 is 0. The minimum atomic E-state index is -1.06. The van der Waals surface area contributed by atoms with Crippen LogP contribution in [0.2, 0.25) is 0 Å². The van der Waals surface area contributed by atoms with Crippen molar-refractivity contribution in [2.24, 2.45) is 0 Å². The number of rotatable bonds is 6. The summed E-state index contributed by atoms with van der Waals surface area (Å²) in [6, 6.07) is 7.95. The first kappa shape index (κ1) is 15.8. The van der Waals surface area contributed by atoms with E-state index in [9.17, 15) is 9.59 Å². The van der Waals surface area contributed by atoms with Crippen LogP contribution < -0.4 is 5.32 Å². The predicted octanol–water partition coefficient (Wildman–Crippen LogP) is 2.16. The molecule has 1 atom stereocenters. The smallest absolute Gasteiger partial charge is 0.338 e. The molecule has 6 nitrogen and oxygen atoms in total. The van der Waals surface area contributed by atoms with Gasteiger partial charge in [-0.3, -0.25) is 9.48 Å². The van der Waals surface area contributed by atoms with Crippen LogP contribution >= 0.6 is 0 Å². The Balaban J connectivity index is 1.99. The van der Waals surface area contributed by atoms with E-state index in [0.29, 0.717) is 0 Å². The average molecular weight is 301 g/mol. The van der Waals surface area contributed by atoms with E-state index in [1.165, 1.54) is 22.6 Å². The number of aromatic nitrogens is 2. The van der Waals surface area contributed by atoms with Gasteiger partial charge in [0.25, 0.3) is 0 Å². The second-order valence-electron chi connectivity index (χ2n) is 5.17. The zero-order chi connectivity index (χ0) is 16.1. The highest BCUT2D eigenvalue weighted by Crippen LogP contribution is 2.17. The van der Waals surface area contributed by atoms with Gasteiger partial charge in [0.15, 0.2) is 0 Å². The van der Waals surface area contributed by atoms with Crippen molar-refractivity contribution in [3.63, 3.8) is 0 Å². The summed E-state index contributed by atoms with van der Waals surface area (Å²) in [6.45, 7) is 4.01. The maximum absolute atomic E-state index is 12.1. The van der Waals surface area contributed by atoms with Gasteiger partial charge in [-0.15, -0.1) is 0 Å². The van der Waals surface area contributed by atoms with E-state index >= 15 is 0 Å². The van der Waals surface area contributed by atoms with Gasteiger partial charge in [0.2, 0.25) is 5.91 Å². The second-order valence-corrected chi connectivity index (χ2v) is 5.17. The molecule has 0 radical (unpaired) electrons. The molecule has 1 aromatic carbocycles. The first-order chi connectivity index (χ1) is 10.5. The number of carboxylic acid groups (broad SMARTS) is 1. The van der Waals surface area contributed by atoms with Crippen molar-refractivity contribution >= 4 is 11.9 Å². The lowest BCUT2D eigenvalue weighted by molar-refractivity contribution is -0.122. The van der Waals surface area contributed by atoms with Crippen LogP contribution in [0.15, 0.2) is 36.7 Å². The molecular weight excluding hydrogens is 282 g/mol. The number of carboxylic acids is 1. The van der Waals surface area contributed by atoms with Crippen molar-refractivity contribution in [2.75, 3.05) is 0 Å². The lowest BCUT2D eigenvalue weighted by atomic mass is 10.0. The van der Waals surface area contributed by atoms with Crippen molar-refractivity contribution in [3.05, 3.63) is 53.3 Å². The highest BCUT2D eigenvalue weighted by Gasteiger charge is 2.14. The number of benzene rings is 1. The quantitative estimate of drug-likeness (QED) is 0.856. The zero-order valence-corrected chi connectivity index (χ0v) is 12.6. The number of carbonyl (C=O) groups excluding carboxylic acids is 1. The molecule has 0 saturated carbocycles. The summed E-state index contributed by atoms with van der Waals surface area (Å²) in [4.78, 5) is 22.9. The molecule has 0 fully saturated rings. The van der Waals surface area contributed by atoms with E-state index in [2.05, 4.69) is 10.4 Å². The number of nitrogens with one attached hydrogen (secondary N) is 1. The van der Waals surface area contributed by atoms with Crippen LogP contribution in [-0.2, 0) is 11.3 Å². The summed E-state index contributed by atoms with van der Waals surface area (Å²) in [5, 5.41) is 15.6. The van der Waals surface area contributed by atoms with Crippen molar-refractivity contribution in [3.8, 4) is 0 Å². The van der Waals surface area contributed by atoms with Gasteiger partial charge < -0.3 is 10.4 Å². The Morgan fingerprint density at radius 1 is 1.32 bits per heavy atom. The average Bonchev–Trinajstić information content (AvgIpc) is 2.94. The molecule has 0 spiro atoms. The maximum atomic E-state index is 12.1. The van der Waals surface area contributed by atoms with Crippen LogP contribution in [0.4, 0.5) is 0 Å². The summed E-state index contributed by atoms with van der Waals surface area (Å²) in [5.74, 6) is -1.26. The molecule has 116 valence electrons. The van der Waals surface area contributed by atoms with Crippen LogP contribution in [0.3, 0.4) is 0 Å². The van der Waals surface area contributed by atoms with E-state index in [4.69, 9.17) is 5.11 Å². The lowest BCUT2D eigenvalue weighted by Crippen LogP contribution is -2.31. The van der Waals surface area contributed by atoms with Gasteiger partial charge in [-0.1, -0.05) is 36.8 Å². The number of amides is 1. The maximum Gasteiger partial charge on any atom is 0.338 e. The van der Waals surface area contributed by atoms with Crippen LogP contribution in [0, 0.1) is 6.92 Å². The van der Waals surface area contributed by atoms with Gasteiger partial charge in [-0.05, 0) is 18.9 Å². The van der Waals surface area contributed by atoms with Crippen LogP contribution in [0.1, 0.15) is 40.9 Å². The Labute approximate surface area is 128 Å². The minimum absolute atomic E-state index is 0.00432. The molecule has 6 heteroatoms. The highest BCUT2D eigenvalue weighted by atomic mass is 16.4. The molecule has 0 saturated heterocycles. The van der Waals surface area contributed by atoms with Gasteiger partial charge in [0.05, 0.1) is 17.8 Å². The fourth-order valence-corrected chi connectivity index (χ4v) is 2.17. The molecule has 22 heavy (non-hydrogen) atoms. The van der Waals surface area contributed by atoms with Crippen LogP contribution in [-0.4, -0.2) is 26.8 Å². The summed E-state index contributed by atoms with van der Waals surface area (Å²) in [7, 11) is 0. The van der Waals surface area contributed by atoms with Gasteiger partial charge in [-0.25, -0.2) is 4.79 Å². The van der Waals surface area contributed by atoms with Gasteiger partial charge in [0.1, 0.15) is 6.54 Å².